The summed E-state index contributed by atoms with van der Waals surface area (Å²) in [5, 5.41) is 3.67. The van der Waals surface area contributed by atoms with E-state index in [0.29, 0.717) is 21.4 Å². The van der Waals surface area contributed by atoms with Crippen LogP contribution in [0.25, 0.3) is 0 Å². The zero-order valence-electron chi connectivity index (χ0n) is 13.1. The van der Waals surface area contributed by atoms with Crippen molar-refractivity contribution >= 4 is 40.6 Å². The van der Waals surface area contributed by atoms with E-state index in [1.807, 2.05) is 0 Å². The molecule has 1 saturated heterocycles. The van der Waals surface area contributed by atoms with Gasteiger partial charge in [-0.3, -0.25) is 4.79 Å². The molecule has 1 N–H and O–H groups in total. The third kappa shape index (κ3) is 4.16. The van der Waals surface area contributed by atoms with Crippen molar-refractivity contribution in [1.29, 1.82) is 0 Å². The molecule has 24 heavy (non-hydrogen) atoms. The topological polar surface area (TPSA) is 58.1 Å². The number of aromatic nitrogens is 2. The monoisotopic (exact) mass is 364 g/mol. The molecule has 1 aliphatic heterocycles. The summed E-state index contributed by atoms with van der Waals surface area (Å²) in [6.07, 6.45) is 6.19. The highest BCUT2D eigenvalue weighted by Crippen LogP contribution is 2.26. The Morgan fingerprint density at radius 1 is 1.04 bits per heavy atom. The smallest absolute Gasteiger partial charge is 0.274 e. The first-order chi connectivity index (χ1) is 11.6. The molecule has 5 nitrogen and oxygen atoms in total. The van der Waals surface area contributed by atoms with E-state index in [0.717, 1.165) is 31.7 Å². The minimum absolute atomic E-state index is 0.306. The summed E-state index contributed by atoms with van der Waals surface area (Å²) in [7, 11) is 0. The van der Waals surface area contributed by atoms with Crippen molar-refractivity contribution in [2.45, 2.75) is 25.7 Å². The van der Waals surface area contributed by atoms with Gasteiger partial charge in [0.15, 0.2) is 0 Å². The highest BCUT2D eigenvalue weighted by Gasteiger charge is 2.15. The maximum Gasteiger partial charge on any atom is 0.274 e. The Morgan fingerprint density at radius 2 is 1.79 bits per heavy atom. The van der Waals surface area contributed by atoms with Crippen LogP contribution in [-0.4, -0.2) is 29.0 Å². The Bertz CT molecular complexity index is 730. The van der Waals surface area contributed by atoms with Crippen molar-refractivity contribution in [1.82, 2.24) is 9.97 Å². The predicted octanol–water partition coefficient (Wildman–Crippen LogP) is 4.42. The molecule has 1 aromatic heterocycles. The van der Waals surface area contributed by atoms with Crippen molar-refractivity contribution in [3.63, 3.8) is 0 Å². The number of rotatable bonds is 3. The van der Waals surface area contributed by atoms with Gasteiger partial charge in [0.05, 0.1) is 10.7 Å². The quantitative estimate of drug-likeness (QED) is 0.875. The first-order valence-corrected chi connectivity index (χ1v) is 8.72. The Morgan fingerprint density at radius 3 is 2.54 bits per heavy atom. The maximum absolute atomic E-state index is 12.5. The van der Waals surface area contributed by atoms with E-state index in [4.69, 9.17) is 23.2 Å². The fraction of sp³-hybridized carbons (Fsp3) is 0.353. The third-order valence-electron chi connectivity index (χ3n) is 3.99. The van der Waals surface area contributed by atoms with E-state index in [1.54, 1.807) is 24.3 Å². The molecule has 2 heterocycles. The average Bonchev–Trinajstić information content (AvgIpc) is 2.87. The van der Waals surface area contributed by atoms with Gasteiger partial charge < -0.3 is 10.2 Å². The van der Waals surface area contributed by atoms with Crippen LogP contribution in [0.2, 0.25) is 10.0 Å². The van der Waals surface area contributed by atoms with Crippen molar-refractivity contribution in [3.8, 4) is 0 Å². The molecule has 0 atom stereocenters. The molecular formula is C17H18Cl2N4O. The summed E-state index contributed by atoms with van der Waals surface area (Å²) in [6, 6.07) is 6.64. The Labute approximate surface area is 151 Å². The summed E-state index contributed by atoms with van der Waals surface area (Å²) in [5.74, 6) is 0.451. The number of hydrogen-bond donors (Lipinski definition) is 1. The number of nitrogens with one attached hydrogen (secondary N) is 1. The number of halogens is 2. The number of carbonyl (C=O) groups excluding carboxylic acids is 1. The Kier molecular flexibility index (Phi) is 5.53. The lowest BCUT2D eigenvalue weighted by Gasteiger charge is -2.21. The minimum Gasteiger partial charge on any atom is -0.357 e. The van der Waals surface area contributed by atoms with Crippen LogP contribution in [0.15, 0.2) is 30.6 Å². The van der Waals surface area contributed by atoms with Gasteiger partial charge >= 0.3 is 0 Å². The molecule has 1 aromatic carbocycles. The van der Waals surface area contributed by atoms with Crippen molar-refractivity contribution in [3.05, 3.63) is 46.3 Å². The van der Waals surface area contributed by atoms with E-state index < -0.39 is 0 Å². The van der Waals surface area contributed by atoms with E-state index in [2.05, 4.69) is 20.2 Å². The lowest BCUT2D eigenvalue weighted by atomic mass is 10.2. The summed E-state index contributed by atoms with van der Waals surface area (Å²) >= 11 is 12.0. The second-order valence-electron chi connectivity index (χ2n) is 5.74. The van der Waals surface area contributed by atoms with Crippen LogP contribution in [0.5, 0.6) is 0 Å². The molecular weight excluding hydrogens is 347 g/mol. The zero-order valence-corrected chi connectivity index (χ0v) is 14.6. The normalized spacial score (nSPS) is 15.0. The fourth-order valence-corrected chi connectivity index (χ4v) is 3.06. The van der Waals surface area contributed by atoms with E-state index in [-0.39, 0.29) is 5.91 Å². The van der Waals surface area contributed by atoms with Crippen LogP contribution >= 0.6 is 23.2 Å². The predicted molar refractivity (Wildman–Crippen MR) is 97.1 cm³/mol. The van der Waals surface area contributed by atoms with Gasteiger partial charge in [-0.25, -0.2) is 9.97 Å². The fourth-order valence-electron chi connectivity index (χ4n) is 2.72. The molecule has 0 saturated carbocycles. The van der Waals surface area contributed by atoms with Gasteiger partial charge in [-0.1, -0.05) is 36.0 Å². The number of anilines is 2. The van der Waals surface area contributed by atoms with Crippen LogP contribution < -0.4 is 10.2 Å². The molecule has 3 rings (SSSR count). The molecule has 1 aliphatic rings. The molecule has 0 unspecified atom stereocenters. The Balaban J connectivity index is 1.77. The van der Waals surface area contributed by atoms with Crippen LogP contribution in [-0.2, 0) is 0 Å². The summed E-state index contributed by atoms with van der Waals surface area (Å²) in [4.78, 5) is 23.1. The van der Waals surface area contributed by atoms with Crippen molar-refractivity contribution in [2.75, 3.05) is 23.3 Å². The minimum atomic E-state index is -0.336. The second-order valence-corrected chi connectivity index (χ2v) is 6.58. The van der Waals surface area contributed by atoms with Gasteiger partial charge in [0.25, 0.3) is 5.91 Å². The van der Waals surface area contributed by atoms with Crippen LogP contribution in [0, 0.1) is 0 Å². The van der Waals surface area contributed by atoms with Crippen molar-refractivity contribution < 1.29 is 4.79 Å². The first kappa shape index (κ1) is 17.0. The first-order valence-electron chi connectivity index (χ1n) is 7.97. The standard InChI is InChI=1S/C17H18Cl2N4O/c18-12-5-6-13(19)14(9-12)22-17(24)15-10-16(21-11-20-15)23-7-3-1-2-4-8-23/h5-6,9-11H,1-4,7-8H2,(H,22,24). The third-order valence-corrected chi connectivity index (χ3v) is 4.56. The van der Waals surface area contributed by atoms with Gasteiger partial charge in [0, 0.05) is 24.2 Å². The molecule has 126 valence electrons. The number of amides is 1. The molecule has 0 spiro atoms. The SMILES string of the molecule is O=C(Nc1cc(Cl)ccc1Cl)c1cc(N2CCCCCC2)ncn1. The molecule has 1 amide bonds. The van der Waals surface area contributed by atoms with Crippen LogP contribution in [0.1, 0.15) is 36.2 Å². The molecule has 1 fully saturated rings. The zero-order chi connectivity index (χ0) is 16.9. The van der Waals surface area contributed by atoms with Gasteiger partial charge in [0.2, 0.25) is 0 Å². The highest BCUT2D eigenvalue weighted by molar-refractivity contribution is 6.35. The van der Waals surface area contributed by atoms with Gasteiger partial charge in [-0.05, 0) is 31.0 Å². The van der Waals surface area contributed by atoms with E-state index in [9.17, 15) is 4.79 Å². The highest BCUT2D eigenvalue weighted by atomic mass is 35.5. The molecule has 0 bridgehead atoms. The number of benzene rings is 1. The molecule has 0 radical (unpaired) electrons. The largest absolute Gasteiger partial charge is 0.357 e. The van der Waals surface area contributed by atoms with Gasteiger partial charge in [0.1, 0.15) is 17.8 Å². The number of hydrogen-bond acceptors (Lipinski definition) is 4. The van der Waals surface area contributed by atoms with Gasteiger partial charge in [-0.2, -0.15) is 0 Å². The van der Waals surface area contributed by atoms with E-state index in [1.165, 1.54) is 19.2 Å². The van der Waals surface area contributed by atoms with Crippen LogP contribution in [0.4, 0.5) is 11.5 Å². The summed E-state index contributed by atoms with van der Waals surface area (Å²) in [6.45, 7) is 1.91. The Hall–Kier alpha value is -1.85. The molecule has 2 aromatic rings. The average molecular weight is 365 g/mol. The number of nitrogens with zero attached hydrogens (tertiary/aromatic N) is 3. The van der Waals surface area contributed by atoms with Gasteiger partial charge in [-0.15, -0.1) is 0 Å². The van der Waals surface area contributed by atoms with E-state index >= 15 is 0 Å². The summed E-state index contributed by atoms with van der Waals surface area (Å²) in [5.41, 5.74) is 0.768. The molecule has 7 heteroatoms. The summed E-state index contributed by atoms with van der Waals surface area (Å²) < 4.78 is 0. The lowest BCUT2D eigenvalue weighted by molar-refractivity contribution is 0.102. The number of carbonyl (C=O) groups is 1. The lowest BCUT2D eigenvalue weighted by Crippen LogP contribution is -2.25. The maximum atomic E-state index is 12.5. The molecule has 0 aliphatic carbocycles. The van der Waals surface area contributed by atoms with Crippen molar-refractivity contribution in [2.24, 2.45) is 0 Å². The van der Waals surface area contributed by atoms with Crippen LogP contribution in [0.3, 0.4) is 0 Å². The second kappa shape index (κ2) is 7.81.